The van der Waals surface area contributed by atoms with Gasteiger partial charge in [0.2, 0.25) is 0 Å². The smallest absolute Gasteiger partial charge is 0.119 e. The number of benzene rings is 4. The summed E-state index contributed by atoms with van der Waals surface area (Å²) in [6.45, 7) is 6.63. The Morgan fingerprint density at radius 3 is 2.49 bits per heavy atom. The normalized spacial score (nSPS) is 17.6. The first kappa shape index (κ1) is 25.5. The molecule has 4 nitrogen and oxygen atoms in total. The molecular formula is C33H37NO3. The molecule has 0 radical (unpaired) electrons. The van der Waals surface area contributed by atoms with Crippen LogP contribution in [0.15, 0.2) is 91.0 Å². The predicted octanol–water partition coefficient (Wildman–Crippen LogP) is 6.80. The van der Waals surface area contributed by atoms with Crippen molar-refractivity contribution in [1.82, 2.24) is 5.32 Å². The zero-order valence-electron chi connectivity index (χ0n) is 21.7. The van der Waals surface area contributed by atoms with Crippen molar-refractivity contribution in [2.24, 2.45) is 0 Å². The Bertz CT molecular complexity index is 1270. The highest BCUT2D eigenvalue weighted by molar-refractivity contribution is 5.82. The van der Waals surface area contributed by atoms with Crippen LogP contribution in [0.1, 0.15) is 41.0 Å². The molecule has 0 spiro atoms. The first-order valence-electron chi connectivity index (χ1n) is 13.4. The summed E-state index contributed by atoms with van der Waals surface area (Å²) in [5.41, 5.74) is 5.05. The van der Waals surface area contributed by atoms with Gasteiger partial charge in [0.1, 0.15) is 5.75 Å². The van der Waals surface area contributed by atoms with E-state index in [4.69, 9.17) is 14.2 Å². The van der Waals surface area contributed by atoms with E-state index in [1.54, 1.807) is 0 Å². The third kappa shape index (κ3) is 6.98. The number of fused-ring (bicyclic) bond motifs is 1. The van der Waals surface area contributed by atoms with Gasteiger partial charge in [-0.2, -0.15) is 0 Å². The zero-order valence-corrected chi connectivity index (χ0v) is 21.7. The highest BCUT2D eigenvalue weighted by Crippen LogP contribution is 2.30. The van der Waals surface area contributed by atoms with Gasteiger partial charge < -0.3 is 19.5 Å². The van der Waals surface area contributed by atoms with Gasteiger partial charge in [-0.05, 0) is 71.1 Å². The topological polar surface area (TPSA) is 39.7 Å². The van der Waals surface area contributed by atoms with E-state index in [-0.39, 0.29) is 6.10 Å². The van der Waals surface area contributed by atoms with Crippen LogP contribution in [0, 0.1) is 6.92 Å². The van der Waals surface area contributed by atoms with Gasteiger partial charge in [0, 0.05) is 18.9 Å². The quantitative estimate of drug-likeness (QED) is 0.232. The van der Waals surface area contributed by atoms with E-state index in [1.165, 1.54) is 33.0 Å². The molecule has 2 atom stereocenters. The lowest BCUT2D eigenvalue weighted by atomic mass is 9.87. The summed E-state index contributed by atoms with van der Waals surface area (Å²) in [5, 5.41) is 6.03. The lowest BCUT2D eigenvalue weighted by molar-refractivity contribution is 0.0106. The second kappa shape index (κ2) is 12.9. The molecule has 1 fully saturated rings. The molecule has 1 aliphatic rings. The standard InChI is InChI=1S/C33H37NO3/c1-25-7-2-3-10-30(25)24-35-19-6-20-36-31-15-13-28(14-16-31)32-17-18-34-22-33(32)37-23-26-11-12-27-8-4-5-9-29(27)21-26/h2-5,7-16,21,32-34H,6,17-20,22-24H2,1H3. The number of hydrogen-bond donors (Lipinski definition) is 1. The molecule has 1 heterocycles. The van der Waals surface area contributed by atoms with Crippen molar-refractivity contribution in [3.05, 3.63) is 113 Å². The number of nitrogens with one attached hydrogen (secondary N) is 1. The van der Waals surface area contributed by atoms with Gasteiger partial charge >= 0.3 is 0 Å². The molecule has 0 aromatic heterocycles. The van der Waals surface area contributed by atoms with Crippen molar-refractivity contribution < 1.29 is 14.2 Å². The number of hydrogen-bond acceptors (Lipinski definition) is 4. The summed E-state index contributed by atoms with van der Waals surface area (Å²) >= 11 is 0. The molecule has 0 saturated carbocycles. The number of aryl methyl sites for hydroxylation is 1. The maximum Gasteiger partial charge on any atom is 0.119 e. The van der Waals surface area contributed by atoms with E-state index in [0.29, 0.717) is 32.3 Å². The summed E-state index contributed by atoms with van der Waals surface area (Å²) in [6.07, 6.45) is 2.09. The van der Waals surface area contributed by atoms with Crippen LogP contribution in [-0.4, -0.2) is 32.4 Å². The van der Waals surface area contributed by atoms with Gasteiger partial charge in [0.05, 0.1) is 32.5 Å². The Morgan fingerprint density at radius 2 is 1.62 bits per heavy atom. The molecule has 192 valence electrons. The van der Waals surface area contributed by atoms with Gasteiger partial charge in [0.25, 0.3) is 0 Å². The monoisotopic (exact) mass is 495 g/mol. The van der Waals surface area contributed by atoms with E-state index < -0.39 is 0 Å². The summed E-state index contributed by atoms with van der Waals surface area (Å²) < 4.78 is 18.2. The van der Waals surface area contributed by atoms with Crippen LogP contribution < -0.4 is 10.1 Å². The molecule has 0 bridgehead atoms. The van der Waals surface area contributed by atoms with E-state index in [0.717, 1.165) is 31.7 Å². The predicted molar refractivity (Wildman–Crippen MR) is 150 cm³/mol. The van der Waals surface area contributed by atoms with Crippen molar-refractivity contribution in [3.8, 4) is 5.75 Å². The number of ether oxygens (including phenoxy) is 3. The molecular weight excluding hydrogens is 458 g/mol. The third-order valence-corrected chi connectivity index (χ3v) is 7.23. The van der Waals surface area contributed by atoms with Crippen LogP contribution in [0.2, 0.25) is 0 Å². The molecule has 1 saturated heterocycles. The van der Waals surface area contributed by atoms with Crippen LogP contribution in [0.4, 0.5) is 0 Å². The molecule has 0 aliphatic carbocycles. The summed E-state index contributed by atoms with van der Waals surface area (Å²) in [4.78, 5) is 0. The first-order valence-corrected chi connectivity index (χ1v) is 13.4. The van der Waals surface area contributed by atoms with Crippen LogP contribution in [0.25, 0.3) is 10.8 Å². The van der Waals surface area contributed by atoms with Gasteiger partial charge in [-0.25, -0.2) is 0 Å². The Labute approximate surface area is 220 Å². The highest BCUT2D eigenvalue weighted by Gasteiger charge is 2.27. The fourth-order valence-corrected chi connectivity index (χ4v) is 5.03. The average molecular weight is 496 g/mol. The second-order valence-electron chi connectivity index (χ2n) is 9.88. The van der Waals surface area contributed by atoms with E-state index >= 15 is 0 Å². The summed E-state index contributed by atoms with van der Waals surface area (Å²) in [7, 11) is 0. The Balaban J connectivity index is 1.08. The maximum atomic E-state index is 6.45. The first-order chi connectivity index (χ1) is 18.3. The Morgan fingerprint density at radius 1 is 0.811 bits per heavy atom. The van der Waals surface area contributed by atoms with Crippen molar-refractivity contribution in [2.75, 3.05) is 26.3 Å². The summed E-state index contributed by atoms with van der Waals surface area (Å²) in [5.74, 6) is 1.29. The minimum atomic E-state index is 0.150. The molecule has 5 rings (SSSR count). The van der Waals surface area contributed by atoms with Gasteiger partial charge in [-0.1, -0.05) is 72.8 Å². The van der Waals surface area contributed by atoms with Gasteiger partial charge in [-0.15, -0.1) is 0 Å². The van der Waals surface area contributed by atoms with Crippen LogP contribution >= 0.6 is 0 Å². The van der Waals surface area contributed by atoms with Crippen molar-refractivity contribution in [1.29, 1.82) is 0 Å². The SMILES string of the molecule is Cc1ccccc1COCCCOc1ccc(C2CCNCC2OCc2ccc3ccccc3c2)cc1. The number of rotatable bonds is 11. The second-order valence-corrected chi connectivity index (χ2v) is 9.88. The molecule has 1 N–H and O–H groups in total. The minimum Gasteiger partial charge on any atom is -0.494 e. The minimum absolute atomic E-state index is 0.150. The average Bonchev–Trinajstić information content (AvgIpc) is 2.95. The molecule has 37 heavy (non-hydrogen) atoms. The summed E-state index contributed by atoms with van der Waals surface area (Å²) in [6, 6.07) is 32.0. The van der Waals surface area contributed by atoms with Crippen molar-refractivity contribution >= 4 is 10.8 Å². The fraction of sp³-hybridized carbons (Fsp3) is 0.333. The zero-order chi connectivity index (χ0) is 25.3. The van der Waals surface area contributed by atoms with E-state index in [1.807, 2.05) is 0 Å². The Hall–Kier alpha value is -3.18. The largest absolute Gasteiger partial charge is 0.494 e. The lowest BCUT2D eigenvalue weighted by Gasteiger charge is -2.32. The molecule has 0 amide bonds. The fourth-order valence-electron chi connectivity index (χ4n) is 5.03. The van der Waals surface area contributed by atoms with Crippen LogP contribution in [0.3, 0.4) is 0 Å². The van der Waals surface area contributed by atoms with Crippen LogP contribution in [-0.2, 0) is 22.7 Å². The van der Waals surface area contributed by atoms with Crippen molar-refractivity contribution in [2.45, 2.75) is 45.0 Å². The molecule has 4 aromatic carbocycles. The number of piperidine rings is 1. The van der Waals surface area contributed by atoms with Crippen LogP contribution in [0.5, 0.6) is 5.75 Å². The Kier molecular flexibility index (Phi) is 8.86. The molecule has 4 heteroatoms. The molecule has 2 unspecified atom stereocenters. The van der Waals surface area contributed by atoms with Gasteiger partial charge in [-0.3, -0.25) is 0 Å². The van der Waals surface area contributed by atoms with E-state index in [2.05, 4.69) is 103 Å². The van der Waals surface area contributed by atoms with E-state index in [9.17, 15) is 0 Å². The molecule has 4 aromatic rings. The van der Waals surface area contributed by atoms with Crippen molar-refractivity contribution in [3.63, 3.8) is 0 Å². The lowest BCUT2D eigenvalue weighted by Crippen LogP contribution is -2.40. The maximum absolute atomic E-state index is 6.45. The third-order valence-electron chi connectivity index (χ3n) is 7.23. The highest BCUT2D eigenvalue weighted by atomic mass is 16.5. The van der Waals surface area contributed by atoms with Gasteiger partial charge in [0.15, 0.2) is 0 Å². The molecule has 1 aliphatic heterocycles.